The minimum Gasteiger partial charge on any atom is -0.497 e. The van der Waals surface area contributed by atoms with Crippen LogP contribution < -0.4 is 9.64 Å². The van der Waals surface area contributed by atoms with Gasteiger partial charge in [-0.1, -0.05) is 30.3 Å². The Labute approximate surface area is 209 Å². The van der Waals surface area contributed by atoms with Crippen molar-refractivity contribution in [2.24, 2.45) is 0 Å². The summed E-state index contributed by atoms with van der Waals surface area (Å²) in [7, 11) is 1.45. The van der Waals surface area contributed by atoms with Gasteiger partial charge in [0, 0.05) is 18.9 Å². The highest BCUT2D eigenvalue weighted by Gasteiger charge is 2.45. The van der Waals surface area contributed by atoms with E-state index in [9.17, 15) is 32.9 Å². The summed E-state index contributed by atoms with van der Waals surface area (Å²) in [6, 6.07) is 14.8. The van der Waals surface area contributed by atoms with Crippen LogP contribution in [0.15, 0.2) is 66.7 Å². The first kappa shape index (κ1) is 25.7. The molecule has 4 rings (SSSR count). The number of amides is 1. The number of alkyl halides is 3. The molecule has 3 aromatic carbocycles. The zero-order valence-electron chi connectivity index (χ0n) is 19.7. The van der Waals surface area contributed by atoms with Crippen LogP contribution in [0.3, 0.4) is 0 Å². The van der Waals surface area contributed by atoms with Crippen molar-refractivity contribution in [3.63, 3.8) is 0 Å². The highest BCUT2D eigenvalue weighted by atomic mass is 19.4. The molecule has 1 heterocycles. The molecule has 11 heteroatoms. The van der Waals surface area contributed by atoms with E-state index in [1.54, 1.807) is 24.3 Å². The van der Waals surface area contributed by atoms with Gasteiger partial charge in [0.15, 0.2) is 6.10 Å². The molecule has 0 bridgehead atoms. The first-order chi connectivity index (χ1) is 17.5. The van der Waals surface area contributed by atoms with Crippen LogP contribution in [0.5, 0.6) is 5.75 Å². The molecule has 0 fully saturated rings. The average Bonchev–Trinajstić information content (AvgIpc) is 2.97. The Balaban J connectivity index is 2.02. The third-order valence-electron chi connectivity index (χ3n) is 6.11. The number of nitro benzene ring substituents is 1. The Hall–Kier alpha value is -4.41. The number of carbonyl (C=O) groups is 2. The molecule has 2 atom stereocenters. The van der Waals surface area contributed by atoms with Gasteiger partial charge in [0.25, 0.3) is 11.6 Å². The summed E-state index contributed by atoms with van der Waals surface area (Å²) in [5.41, 5.74) is -1.75. The highest BCUT2D eigenvalue weighted by Crippen LogP contribution is 2.46. The van der Waals surface area contributed by atoms with Crippen LogP contribution in [0.1, 0.15) is 29.5 Å². The molecule has 0 saturated carbocycles. The van der Waals surface area contributed by atoms with E-state index >= 15 is 0 Å². The molecule has 37 heavy (non-hydrogen) atoms. The summed E-state index contributed by atoms with van der Waals surface area (Å²) in [6.45, 7) is 1.08. The number of carbonyl (C=O) groups excluding carboxylic acids is 2. The van der Waals surface area contributed by atoms with Crippen LogP contribution in [0.4, 0.5) is 30.2 Å². The lowest BCUT2D eigenvalue weighted by Crippen LogP contribution is -2.41. The molecule has 192 valence electrons. The van der Waals surface area contributed by atoms with E-state index in [1.165, 1.54) is 31.4 Å². The number of methoxy groups -OCH3 is 1. The number of fused-ring (bicyclic) bond motifs is 1. The molecule has 1 aliphatic heterocycles. The molecule has 1 aliphatic rings. The number of nitrogens with zero attached hydrogens (tertiary/aromatic N) is 2. The topological polar surface area (TPSA) is 99.0 Å². The van der Waals surface area contributed by atoms with Crippen LogP contribution in [0.25, 0.3) is 0 Å². The van der Waals surface area contributed by atoms with E-state index in [0.29, 0.717) is 11.3 Å². The fraction of sp³-hybridized carbons (Fsp3) is 0.231. The minimum absolute atomic E-state index is 0.178. The molecule has 0 spiro atoms. The van der Waals surface area contributed by atoms with E-state index in [1.807, 2.05) is 0 Å². The number of para-hydroxylation sites is 2. The zero-order valence-corrected chi connectivity index (χ0v) is 19.7. The van der Waals surface area contributed by atoms with Crippen LogP contribution in [0.2, 0.25) is 0 Å². The van der Waals surface area contributed by atoms with Gasteiger partial charge in [0.2, 0.25) is 0 Å². The molecule has 0 aliphatic carbocycles. The second kappa shape index (κ2) is 9.92. The van der Waals surface area contributed by atoms with Crippen molar-refractivity contribution in [1.29, 1.82) is 0 Å². The molecule has 8 nitrogen and oxygen atoms in total. The Bertz CT molecular complexity index is 1360. The first-order valence-corrected chi connectivity index (χ1v) is 11.1. The molecule has 0 radical (unpaired) electrons. The summed E-state index contributed by atoms with van der Waals surface area (Å²) in [6.07, 6.45) is -6.69. The lowest BCUT2D eigenvalue weighted by Gasteiger charge is -2.28. The fourth-order valence-electron chi connectivity index (χ4n) is 4.52. The number of hydrogen-bond donors (Lipinski definition) is 0. The molecular formula is C26H21F3N2O6. The third kappa shape index (κ3) is 4.97. The average molecular weight is 514 g/mol. The molecular weight excluding hydrogens is 493 g/mol. The maximum atomic E-state index is 14.2. The molecule has 1 unspecified atom stereocenters. The van der Waals surface area contributed by atoms with Crippen molar-refractivity contribution in [3.8, 4) is 5.75 Å². The highest BCUT2D eigenvalue weighted by molar-refractivity contribution is 6.07. The maximum Gasteiger partial charge on any atom is 0.416 e. The predicted molar refractivity (Wildman–Crippen MR) is 127 cm³/mol. The smallest absolute Gasteiger partial charge is 0.416 e. The Kier molecular flexibility index (Phi) is 6.88. The quantitative estimate of drug-likeness (QED) is 0.251. The lowest BCUT2D eigenvalue weighted by molar-refractivity contribution is -0.384. The summed E-state index contributed by atoms with van der Waals surface area (Å²) in [4.78, 5) is 38.0. The van der Waals surface area contributed by atoms with E-state index in [0.717, 1.165) is 30.0 Å². The zero-order chi connectivity index (χ0) is 26.9. The van der Waals surface area contributed by atoms with Gasteiger partial charge in [-0.15, -0.1) is 0 Å². The molecule has 0 saturated heterocycles. The van der Waals surface area contributed by atoms with Crippen molar-refractivity contribution in [2.45, 2.75) is 31.5 Å². The molecule has 0 N–H and O–H groups in total. The van der Waals surface area contributed by atoms with Crippen molar-refractivity contribution in [3.05, 3.63) is 93.5 Å². The fourth-order valence-corrected chi connectivity index (χ4v) is 4.52. The Morgan fingerprint density at radius 1 is 1.03 bits per heavy atom. The van der Waals surface area contributed by atoms with Crippen LogP contribution >= 0.6 is 0 Å². The number of anilines is 2. The summed E-state index contributed by atoms with van der Waals surface area (Å²) >= 11 is 0. The number of esters is 1. The maximum absolute atomic E-state index is 14.2. The first-order valence-electron chi connectivity index (χ1n) is 11.1. The van der Waals surface area contributed by atoms with E-state index in [-0.39, 0.29) is 23.4 Å². The largest absolute Gasteiger partial charge is 0.497 e. The standard InChI is InChI=1S/C26H21F3N2O6/c1-15(32)37-24-18(16-10-12-17(36-2)13-11-16)14-19-20(26(27,28)29)6-5-9-21(19)30(25(24)33)22-7-3-4-8-23(22)31(34)35/h3-13,18,24H,14H2,1-2H3/t18?,24-/m1/s1. The van der Waals surface area contributed by atoms with Crippen LogP contribution in [-0.2, 0) is 26.9 Å². The van der Waals surface area contributed by atoms with Crippen LogP contribution in [0, 0.1) is 10.1 Å². The number of rotatable bonds is 5. The number of hydrogen-bond acceptors (Lipinski definition) is 6. The summed E-state index contributed by atoms with van der Waals surface area (Å²) < 4.78 is 53.0. The second-order valence-corrected chi connectivity index (χ2v) is 8.33. The predicted octanol–water partition coefficient (Wildman–Crippen LogP) is 5.56. The summed E-state index contributed by atoms with van der Waals surface area (Å²) in [5, 5.41) is 11.8. The van der Waals surface area contributed by atoms with Crippen LogP contribution in [-0.4, -0.2) is 30.0 Å². The number of benzene rings is 3. The van der Waals surface area contributed by atoms with Gasteiger partial charge in [-0.25, -0.2) is 0 Å². The number of ether oxygens (including phenoxy) is 2. The van der Waals surface area contributed by atoms with Gasteiger partial charge in [-0.3, -0.25) is 24.6 Å². The van der Waals surface area contributed by atoms with Crippen molar-refractivity contribution in [1.82, 2.24) is 0 Å². The van der Waals surface area contributed by atoms with Crippen molar-refractivity contribution < 1.29 is 37.2 Å². The van der Waals surface area contributed by atoms with Crippen molar-refractivity contribution >= 4 is 28.9 Å². The van der Waals surface area contributed by atoms with E-state index < -0.39 is 46.2 Å². The van der Waals surface area contributed by atoms with Gasteiger partial charge in [0.05, 0.1) is 23.3 Å². The molecule has 3 aromatic rings. The van der Waals surface area contributed by atoms with Gasteiger partial charge in [-0.05, 0) is 47.9 Å². The molecule has 1 amide bonds. The second-order valence-electron chi connectivity index (χ2n) is 8.33. The van der Waals surface area contributed by atoms with Gasteiger partial charge in [0.1, 0.15) is 11.4 Å². The normalized spacial score (nSPS) is 17.5. The Morgan fingerprint density at radius 2 is 1.68 bits per heavy atom. The minimum atomic E-state index is -4.78. The number of nitro groups is 1. The third-order valence-corrected chi connectivity index (χ3v) is 6.11. The van der Waals surface area contributed by atoms with Gasteiger partial charge >= 0.3 is 12.1 Å². The van der Waals surface area contributed by atoms with Crippen molar-refractivity contribution in [2.75, 3.05) is 12.0 Å². The monoisotopic (exact) mass is 514 g/mol. The van der Waals surface area contributed by atoms with Gasteiger partial charge < -0.3 is 9.47 Å². The van der Waals surface area contributed by atoms with Gasteiger partial charge in [-0.2, -0.15) is 13.2 Å². The Morgan fingerprint density at radius 3 is 2.27 bits per heavy atom. The summed E-state index contributed by atoms with van der Waals surface area (Å²) in [5.74, 6) is -2.30. The number of halogens is 3. The lowest BCUT2D eigenvalue weighted by atomic mass is 9.86. The van der Waals surface area contributed by atoms with E-state index in [4.69, 9.17) is 9.47 Å². The SMILES string of the molecule is COc1ccc(C2Cc3c(cccc3C(F)(F)F)N(c3ccccc3[N+](=O)[O-])C(=O)[C@@H]2OC(C)=O)cc1. The van der Waals surface area contributed by atoms with E-state index in [2.05, 4.69) is 0 Å². The molecule has 0 aromatic heterocycles.